The maximum absolute atomic E-state index is 11.6. The number of ether oxygens (including phenoxy) is 1. The molecule has 1 aromatic carbocycles. The van der Waals surface area contributed by atoms with Crippen LogP contribution in [0.1, 0.15) is 39.7 Å². The van der Waals surface area contributed by atoms with Gasteiger partial charge in [0.15, 0.2) is 0 Å². The topological polar surface area (TPSA) is 50.4 Å². The summed E-state index contributed by atoms with van der Waals surface area (Å²) in [4.78, 5) is 11.6. The van der Waals surface area contributed by atoms with E-state index in [-0.39, 0.29) is 12.1 Å². The van der Waals surface area contributed by atoms with E-state index < -0.39 is 5.60 Å². The van der Waals surface area contributed by atoms with Crippen LogP contribution in [0.25, 0.3) is 0 Å². The van der Waals surface area contributed by atoms with E-state index in [0.717, 1.165) is 19.5 Å². The van der Waals surface area contributed by atoms with Crippen LogP contribution in [-0.4, -0.2) is 24.3 Å². The molecule has 1 aromatic rings. The summed E-state index contributed by atoms with van der Waals surface area (Å²) in [5, 5.41) is 6.20. The monoisotopic (exact) mass is 278 g/mol. The molecule has 20 heavy (non-hydrogen) atoms. The summed E-state index contributed by atoms with van der Waals surface area (Å²) < 4.78 is 5.21. The third kappa shape index (κ3) is 7.79. The van der Waals surface area contributed by atoms with E-state index in [2.05, 4.69) is 22.8 Å². The van der Waals surface area contributed by atoms with Crippen molar-refractivity contribution in [1.82, 2.24) is 10.6 Å². The number of nitrogens with one attached hydrogen (secondary N) is 2. The molecule has 4 nitrogen and oxygen atoms in total. The van der Waals surface area contributed by atoms with E-state index in [4.69, 9.17) is 4.74 Å². The fourth-order valence-electron chi connectivity index (χ4n) is 1.73. The second-order valence-electron chi connectivity index (χ2n) is 6.00. The smallest absolute Gasteiger partial charge is 0.407 e. The molecular formula is C16H26N2O2. The molecule has 0 heterocycles. The lowest BCUT2D eigenvalue weighted by Gasteiger charge is -2.22. The van der Waals surface area contributed by atoms with Gasteiger partial charge in [-0.15, -0.1) is 0 Å². The summed E-state index contributed by atoms with van der Waals surface area (Å²) in [6, 6.07) is 10.3. The third-order valence-corrected chi connectivity index (χ3v) is 2.69. The van der Waals surface area contributed by atoms with Gasteiger partial charge >= 0.3 is 6.09 Å². The van der Waals surface area contributed by atoms with Gasteiger partial charge in [-0.1, -0.05) is 30.3 Å². The van der Waals surface area contributed by atoms with Gasteiger partial charge in [-0.25, -0.2) is 4.79 Å². The number of hydrogen-bond acceptors (Lipinski definition) is 3. The first-order valence-electron chi connectivity index (χ1n) is 7.11. The Kier molecular flexibility index (Phi) is 6.52. The Hall–Kier alpha value is -1.55. The third-order valence-electron chi connectivity index (χ3n) is 2.69. The fraction of sp³-hybridized carbons (Fsp3) is 0.562. The lowest BCUT2D eigenvalue weighted by atomic mass is 10.2. The second-order valence-corrected chi connectivity index (χ2v) is 6.00. The molecule has 0 fully saturated rings. The Morgan fingerprint density at radius 1 is 1.25 bits per heavy atom. The van der Waals surface area contributed by atoms with Gasteiger partial charge in [0, 0.05) is 12.6 Å². The Labute approximate surface area is 121 Å². The number of carbonyl (C=O) groups excluding carboxylic acids is 1. The number of alkyl carbamates (subject to hydrolysis) is 1. The minimum absolute atomic E-state index is 0.0909. The predicted molar refractivity (Wildman–Crippen MR) is 81.6 cm³/mol. The van der Waals surface area contributed by atoms with Crippen LogP contribution in [0.4, 0.5) is 4.79 Å². The number of benzene rings is 1. The van der Waals surface area contributed by atoms with Crippen molar-refractivity contribution in [3.8, 4) is 0 Å². The minimum Gasteiger partial charge on any atom is -0.444 e. The Morgan fingerprint density at radius 3 is 2.50 bits per heavy atom. The van der Waals surface area contributed by atoms with Gasteiger partial charge in [0.25, 0.3) is 0 Å². The lowest BCUT2D eigenvalue weighted by Crippen LogP contribution is -2.38. The molecule has 0 spiro atoms. The standard InChI is InChI=1S/C16H26N2O2/c1-13(18-15(19)20-16(2,3)4)10-11-17-12-14-8-6-5-7-9-14/h5-9,13,17H,10-12H2,1-4H3,(H,18,19)/t13-/m0/s1. The van der Waals surface area contributed by atoms with Crippen LogP contribution in [0, 0.1) is 0 Å². The highest BCUT2D eigenvalue weighted by Crippen LogP contribution is 2.07. The average Bonchev–Trinajstić information content (AvgIpc) is 2.33. The molecule has 0 unspecified atom stereocenters. The molecule has 0 aromatic heterocycles. The van der Waals surface area contributed by atoms with Gasteiger partial charge < -0.3 is 15.4 Å². The zero-order chi connectivity index (χ0) is 15.0. The van der Waals surface area contributed by atoms with Crippen LogP contribution in [0.15, 0.2) is 30.3 Å². The van der Waals surface area contributed by atoms with Crippen LogP contribution in [0.3, 0.4) is 0 Å². The summed E-state index contributed by atoms with van der Waals surface area (Å²) in [6.07, 6.45) is 0.513. The van der Waals surface area contributed by atoms with Crippen molar-refractivity contribution in [2.45, 2.75) is 52.3 Å². The average molecular weight is 278 g/mol. The molecular weight excluding hydrogens is 252 g/mol. The molecule has 1 amide bonds. The fourth-order valence-corrected chi connectivity index (χ4v) is 1.73. The summed E-state index contributed by atoms with van der Waals surface area (Å²) >= 11 is 0. The van der Waals surface area contributed by atoms with E-state index in [9.17, 15) is 4.79 Å². The van der Waals surface area contributed by atoms with Crippen LogP contribution in [-0.2, 0) is 11.3 Å². The molecule has 112 valence electrons. The van der Waals surface area contributed by atoms with Gasteiger partial charge in [0.05, 0.1) is 0 Å². The SMILES string of the molecule is C[C@@H](CCNCc1ccccc1)NC(=O)OC(C)(C)C. The maximum Gasteiger partial charge on any atom is 0.407 e. The number of hydrogen-bond donors (Lipinski definition) is 2. The van der Waals surface area contributed by atoms with Crippen molar-refractivity contribution in [2.24, 2.45) is 0 Å². The Balaban J connectivity index is 2.14. The van der Waals surface area contributed by atoms with Crippen LogP contribution in [0.2, 0.25) is 0 Å². The summed E-state index contributed by atoms with van der Waals surface area (Å²) in [5.41, 5.74) is 0.815. The first-order valence-corrected chi connectivity index (χ1v) is 7.11. The van der Waals surface area contributed by atoms with Crippen molar-refractivity contribution in [3.63, 3.8) is 0 Å². The molecule has 0 saturated carbocycles. The molecule has 0 aliphatic rings. The summed E-state index contributed by atoms with van der Waals surface area (Å²) in [5.74, 6) is 0. The summed E-state index contributed by atoms with van der Waals surface area (Å²) in [7, 11) is 0. The van der Waals surface area contributed by atoms with Crippen molar-refractivity contribution in [2.75, 3.05) is 6.54 Å². The number of carbonyl (C=O) groups is 1. The highest BCUT2D eigenvalue weighted by molar-refractivity contribution is 5.67. The van der Waals surface area contributed by atoms with Crippen LogP contribution in [0.5, 0.6) is 0 Å². The summed E-state index contributed by atoms with van der Waals surface area (Å²) in [6.45, 7) is 9.26. The lowest BCUT2D eigenvalue weighted by molar-refractivity contribution is 0.0506. The van der Waals surface area contributed by atoms with Crippen molar-refractivity contribution in [1.29, 1.82) is 0 Å². The molecule has 0 aliphatic carbocycles. The normalized spacial score (nSPS) is 12.8. The molecule has 0 bridgehead atoms. The quantitative estimate of drug-likeness (QED) is 0.786. The van der Waals surface area contributed by atoms with E-state index in [1.807, 2.05) is 45.9 Å². The number of amides is 1. The molecule has 0 radical (unpaired) electrons. The molecule has 0 saturated heterocycles. The minimum atomic E-state index is -0.449. The second kappa shape index (κ2) is 7.90. The van der Waals surface area contributed by atoms with Gasteiger partial charge in [0.1, 0.15) is 5.60 Å². The molecule has 2 N–H and O–H groups in total. The van der Waals surface area contributed by atoms with Crippen molar-refractivity contribution in [3.05, 3.63) is 35.9 Å². The predicted octanol–water partition coefficient (Wildman–Crippen LogP) is 3.08. The van der Waals surface area contributed by atoms with Gasteiger partial charge in [0.2, 0.25) is 0 Å². The van der Waals surface area contributed by atoms with Crippen LogP contribution >= 0.6 is 0 Å². The molecule has 4 heteroatoms. The highest BCUT2D eigenvalue weighted by Gasteiger charge is 2.17. The number of rotatable bonds is 6. The van der Waals surface area contributed by atoms with Gasteiger partial charge in [-0.3, -0.25) is 0 Å². The Bertz CT molecular complexity index is 399. The zero-order valence-corrected chi connectivity index (χ0v) is 12.9. The van der Waals surface area contributed by atoms with Crippen molar-refractivity contribution >= 4 is 6.09 Å². The van der Waals surface area contributed by atoms with Gasteiger partial charge in [-0.2, -0.15) is 0 Å². The first-order chi connectivity index (χ1) is 9.37. The van der Waals surface area contributed by atoms with E-state index in [1.54, 1.807) is 0 Å². The highest BCUT2D eigenvalue weighted by atomic mass is 16.6. The largest absolute Gasteiger partial charge is 0.444 e. The molecule has 1 atom stereocenters. The van der Waals surface area contributed by atoms with E-state index in [0.29, 0.717) is 0 Å². The Morgan fingerprint density at radius 2 is 1.90 bits per heavy atom. The maximum atomic E-state index is 11.6. The first kappa shape index (κ1) is 16.5. The van der Waals surface area contributed by atoms with Gasteiger partial charge in [-0.05, 0) is 46.2 Å². The van der Waals surface area contributed by atoms with Crippen LogP contribution < -0.4 is 10.6 Å². The molecule has 0 aliphatic heterocycles. The van der Waals surface area contributed by atoms with E-state index in [1.165, 1.54) is 5.56 Å². The van der Waals surface area contributed by atoms with Crippen molar-refractivity contribution < 1.29 is 9.53 Å². The molecule has 1 rings (SSSR count). The van der Waals surface area contributed by atoms with E-state index >= 15 is 0 Å². The zero-order valence-electron chi connectivity index (χ0n) is 12.9.